The summed E-state index contributed by atoms with van der Waals surface area (Å²) in [7, 11) is -2.49. The average Bonchev–Trinajstić information content (AvgIpc) is 2.96. The fourth-order valence-electron chi connectivity index (χ4n) is 2.97. The van der Waals surface area contributed by atoms with Gasteiger partial charge in [-0.2, -0.15) is 9.98 Å². The third kappa shape index (κ3) is 4.89. The molecule has 0 radical (unpaired) electrons. The Morgan fingerprint density at radius 1 is 1.42 bits per heavy atom. The number of aromatic nitrogens is 1. The van der Waals surface area contributed by atoms with Crippen LogP contribution in [0.25, 0.3) is 0 Å². The van der Waals surface area contributed by atoms with E-state index in [1.165, 1.54) is 37.7 Å². The first-order valence-electron chi connectivity index (χ1n) is 9.33. The van der Waals surface area contributed by atoms with Crippen molar-refractivity contribution in [2.75, 3.05) is 11.9 Å². The molecule has 0 aliphatic carbocycles. The molecule has 162 valence electrons. The lowest BCUT2D eigenvalue weighted by Crippen LogP contribution is -2.36. The molecule has 3 rings (SSSR count). The van der Waals surface area contributed by atoms with Gasteiger partial charge in [0.1, 0.15) is 23.1 Å². The number of ether oxygens (including phenoxy) is 1. The van der Waals surface area contributed by atoms with E-state index in [0.717, 1.165) is 5.56 Å². The highest BCUT2D eigenvalue weighted by atomic mass is 32.2. The Balaban J connectivity index is 1.94. The van der Waals surface area contributed by atoms with E-state index in [-0.39, 0.29) is 22.9 Å². The van der Waals surface area contributed by atoms with Crippen molar-refractivity contribution >= 4 is 21.6 Å². The number of aryl methyl sites for hydroxylation is 2. The SMILES string of the molecule is Cc1ccc(NC(=O)c2c3c(cn2C)S(=O)(=O)N[C@H](C#CC(C)(C)O)CO3)cc1C#N. The van der Waals surface area contributed by atoms with Gasteiger partial charge in [-0.1, -0.05) is 17.9 Å². The quantitative estimate of drug-likeness (QED) is 0.600. The number of aliphatic hydroxyl groups is 1. The van der Waals surface area contributed by atoms with Crippen molar-refractivity contribution in [3.8, 4) is 23.7 Å². The third-order valence-electron chi connectivity index (χ3n) is 4.47. The number of nitrogens with one attached hydrogen (secondary N) is 2. The second kappa shape index (κ2) is 8.08. The fraction of sp³-hybridized carbons (Fsp3) is 0.333. The predicted molar refractivity (Wildman–Crippen MR) is 113 cm³/mol. The van der Waals surface area contributed by atoms with E-state index in [2.05, 4.69) is 27.9 Å². The van der Waals surface area contributed by atoms with Gasteiger partial charge in [-0.25, -0.2) is 8.42 Å². The zero-order chi connectivity index (χ0) is 23.0. The highest BCUT2D eigenvalue weighted by Gasteiger charge is 2.34. The molecule has 1 aliphatic heterocycles. The molecule has 2 aromatic rings. The number of rotatable bonds is 2. The first kappa shape index (κ1) is 22.4. The van der Waals surface area contributed by atoms with Crippen LogP contribution < -0.4 is 14.8 Å². The molecule has 10 heteroatoms. The van der Waals surface area contributed by atoms with Crippen LogP contribution in [0.15, 0.2) is 29.3 Å². The summed E-state index contributed by atoms with van der Waals surface area (Å²) in [4.78, 5) is 12.8. The smallest absolute Gasteiger partial charge is 0.276 e. The molecule has 31 heavy (non-hydrogen) atoms. The molecule has 1 amide bonds. The number of nitrogens with zero attached hydrogens (tertiary/aromatic N) is 2. The molecule has 0 spiro atoms. The summed E-state index contributed by atoms with van der Waals surface area (Å²) in [6.07, 6.45) is 1.29. The van der Waals surface area contributed by atoms with Gasteiger partial charge in [0, 0.05) is 18.9 Å². The number of carbonyl (C=O) groups excluding carboxylic acids is 1. The number of amides is 1. The highest BCUT2D eigenvalue weighted by molar-refractivity contribution is 7.89. The van der Waals surface area contributed by atoms with E-state index in [0.29, 0.717) is 11.3 Å². The number of hydrogen-bond acceptors (Lipinski definition) is 6. The molecule has 0 saturated heterocycles. The Morgan fingerprint density at radius 2 is 2.13 bits per heavy atom. The Kier molecular flexibility index (Phi) is 5.83. The molecule has 1 aliphatic rings. The van der Waals surface area contributed by atoms with Gasteiger partial charge in [-0.3, -0.25) is 4.79 Å². The minimum Gasteiger partial charge on any atom is -0.487 e. The monoisotopic (exact) mass is 442 g/mol. The molecule has 2 heterocycles. The van der Waals surface area contributed by atoms with Crippen molar-refractivity contribution in [2.45, 2.75) is 37.3 Å². The third-order valence-corrected chi connectivity index (χ3v) is 5.93. The van der Waals surface area contributed by atoms with E-state index in [1.54, 1.807) is 19.1 Å². The van der Waals surface area contributed by atoms with Crippen LogP contribution in [-0.2, 0) is 17.1 Å². The first-order valence-corrected chi connectivity index (χ1v) is 10.8. The number of hydrogen-bond donors (Lipinski definition) is 3. The molecule has 1 atom stereocenters. The number of sulfonamides is 1. The Hall–Kier alpha value is -3.31. The minimum atomic E-state index is -4.02. The fourth-order valence-corrected chi connectivity index (χ4v) is 4.29. The molecule has 0 fully saturated rings. The van der Waals surface area contributed by atoms with E-state index in [9.17, 15) is 23.6 Å². The normalized spacial score (nSPS) is 17.2. The van der Waals surface area contributed by atoms with E-state index < -0.39 is 27.6 Å². The predicted octanol–water partition coefficient (Wildman–Crippen LogP) is 1.27. The van der Waals surface area contributed by atoms with Crippen molar-refractivity contribution in [3.05, 3.63) is 41.2 Å². The van der Waals surface area contributed by atoms with Gasteiger partial charge < -0.3 is 19.7 Å². The van der Waals surface area contributed by atoms with Gasteiger partial charge in [0.05, 0.1) is 11.6 Å². The first-order chi connectivity index (χ1) is 14.4. The van der Waals surface area contributed by atoms with Gasteiger partial charge in [-0.05, 0) is 38.5 Å². The zero-order valence-corrected chi connectivity index (χ0v) is 18.3. The van der Waals surface area contributed by atoms with E-state index >= 15 is 0 Å². The maximum Gasteiger partial charge on any atom is 0.276 e. The van der Waals surface area contributed by atoms with Crippen LogP contribution in [0.1, 0.15) is 35.5 Å². The summed E-state index contributed by atoms with van der Waals surface area (Å²) >= 11 is 0. The van der Waals surface area contributed by atoms with Gasteiger partial charge >= 0.3 is 0 Å². The van der Waals surface area contributed by atoms with Crippen LogP contribution in [0.2, 0.25) is 0 Å². The van der Waals surface area contributed by atoms with Gasteiger partial charge in [0.15, 0.2) is 11.4 Å². The molecule has 0 unspecified atom stereocenters. The van der Waals surface area contributed by atoms with Gasteiger partial charge in [0.2, 0.25) is 10.0 Å². The number of anilines is 1. The molecule has 1 aromatic carbocycles. The maximum absolute atomic E-state index is 12.9. The summed E-state index contributed by atoms with van der Waals surface area (Å²) < 4.78 is 35.0. The number of nitriles is 1. The lowest BCUT2D eigenvalue weighted by Gasteiger charge is -2.12. The van der Waals surface area contributed by atoms with Gasteiger partial charge in [-0.15, -0.1) is 0 Å². The molecule has 1 aromatic heterocycles. The van der Waals surface area contributed by atoms with Crippen molar-refractivity contribution in [1.82, 2.24) is 9.29 Å². The van der Waals surface area contributed by atoms with Crippen molar-refractivity contribution in [3.63, 3.8) is 0 Å². The summed E-state index contributed by atoms with van der Waals surface area (Å²) in [5.41, 5.74) is 0.293. The second-order valence-electron chi connectivity index (χ2n) is 7.69. The topological polar surface area (TPSA) is 133 Å². The summed E-state index contributed by atoms with van der Waals surface area (Å²) in [6.45, 7) is 4.59. The summed E-state index contributed by atoms with van der Waals surface area (Å²) in [6, 6.07) is 6.04. The van der Waals surface area contributed by atoms with Crippen LogP contribution in [0.4, 0.5) is 5.69 Å². The molecule has 0 bridgehead atoms. The molecular formula is C21H22N4O5S. The number of benzene rings is 1. The molecule has 0 saturated carbocycles. The number of carbonyl (C=O) groups is 1. The van der Waals surface area contributed by atoms with Crippen LogP contribution in [0, 0.1) is 30.1 Å². The molecule has 3 N–H and O–H groups in total. The van der Waals surface area contributed by atoms with Crippen LogP contribution in [0.3, 0.4) is 0 Å². The Labute approximate surface area is 180 Å². The van der Waals surface area contributed by atoms with E-state index in [1.807, 2.05) is 0 Å². The van der Waals surface area contributed by atoms with Gasteiger partial charge in [0.25, 0.3) is 5.91 Å². The maximum atomic E-state index is 12.9. The molecular weight excluding hydrogens is 420 g/mol. The minimum absolute atomic E-state index is 0.00977. The van der Waals surface area contributed by atoms with Crippen molar-refractivity contribution in [1.29, 1.82) is 5.26 Å². The Bertz CT molecular complexity index is 1250. The highest BCUT2D eigenvalue weighted by Crippen LogP contribution is 2.32. The summed E-state index contributed by atoms with van der Waals surface area (Å²) in [5, 5.41) is 21.6. The average molecular weight is 442 g/mol. The van der Waals surface area contributed by atoms with Crippen molar-refractivity contribution < 1.29 is 23.1 Å². The molecule has 9 nitrogen and oxygen atoms in total. The zero-order valence-electron chi connectivity index (χ0n) is 17.5. The van der Waals surface area contributed by atoms with Crippen molar-refractivity contribution in [2.24, 2.45) is 7.05 Å². The largest absolute Gasteiger partial charge is 0.487 e. The lowest BCUT2D eigenvalue weighted by molar-refractivity contribution is 0.101. The second-order valence-corrected chi connectivity index (χ2v) is 9.37. The Morgan fingerprint density at radius 3 is 2.77 bits per heavy atom. The van der Waals surface area contributed by atoms with Crippen LogP contribution >= 0.6 is 0 Å². The number of fused-ring (bicyclic) bond motifs is 1. The van der Waals surface area contributed by atoms with Crippen LogP contribution in [0.5, 0.6) is 5.75 Å². The lowest BCUT2D eigenvalue weighted by atomic mass is 10.1. The van der Waals surface area contributed by atoms with Crippen LogP contribution in [-0.4, -0.2) is 42.2 Å². The van der Waals surface area contributed by atoms with E-state index in [4.69, 9.17) is 4.74 Å². The standard InChI is InChI=1S/C21H22N4O5S/c1-13-5-6-15(9-14(13)10-22)23-20(26)18-19-17(11-25(18)4)31(28,29)24-16(12-30-19)7-8-21(2,3)27/h5-6,9,11,16,24,27H,12H2,1-4H3,(H,23,26)/t16-/m1/s1. The summed E-state index contributed by atoms with van der Waals surface area (Å²) in [5.74, 6) is 4.53.